The van der Waals surface area contributed by atoms with Gasteiger partial charge < -0.3 is 4.74 Å². The summed E-state index contributed by atoms with van der Waals surface area (Å²) in [5, 5.41) is 2.43. The molecule has 0 saturated heterocycles. The highest BCUT2D eigenvalue weighted by Crippen LogP contribution is 2.33. The number of ether oxygens (including phenoxy) is 1. The number of benzene rings is 2. The lowest BCUT2D eigenvalue weighted by Gasteiger charge is -2.15. The normalized spacial score (nSPS) is 12.7. The van der Waals surface area contributed by atoms with Crippen molar-refractivity contribution in [1.82, 2.24) is 0 Å². The van der Waals surface area contributed by atoms with E-state index in [1.807, 2.05) is 18.2 Å². The molecule has 0 bridgehead atoms. The van der Waals surface area contributed by atoms with Gasteiger partial charge in [-0.05, 0) is 46.1 Å². The lowest BCUT2D eigenvalue weighted by atomic mass is 10.1. The molecule has 2 aromatic carbocycles. The van der Waals surface area contributed by atoms with Gasteiger partial charge in [0, 0.05) is 0 Å². The fourth-order valence-corrected chi connectivity index (χ4v) is 2.19. The molecule has 1 unspecified atom stereocenters. The molecule has 0 spiro atoms. The smallest absolute Gasteiger partial charge is 0.134 e. The third kappa shape index (κ3) is 2.22. The molecule has 0 aliphatic rings. The molecular weight excluding hydrogens is 264 g/mol. The van der Waals surface area contributed by atoms with E-state index in [0.717, 1.165) is 16.6 Å². The molecule has 0 saturated carbocycles. The first kappa shape index (κ1) is 11.5. The van der Waals surface area contributed by atoms with E-state index in [9.17, 15) is 0 Å². The van der Waals surface area contributed by atoms with E-state index in [0.29, 0.717) is 0 Å². The Bertz CT molecular complexity index is 493. The SMILES string of the molecule is CCC(C)Oc1ccc2ccccc2c1Br. The van der Waals surface area contributed by atoms with Crippen LogP contribution in [0.4, 0.5) is 0 Å². The molecule has 2 rings (SSSR count). The molecule has 0 N–H and O–H groups in total. The molecule has 0 radical (unpaired) electrons. The van der Waals surface area contributed by atoms with Crippen LogP contribution in [-0.4, -0.2) is 6.10 Å². The third-order valence-corrected chi connectivity index (χ3v) is 3.55. The predicted octanol–water partition coefficient (Wildman–Crippen LogP) is 4.78. The van der Waals surface area contributed by atoms with Crippen molar-refractivity contribution in [2.45, 2.75) is 26.4 Å². The number of fused-ring (bicyclic) bond motifs is 1. The van der Waals surface area contributed by atoms with Gasteiger partial charge in [0.15, 0.2) is 0 Å². The van der Waals surface area contributed by atoms with Crippen molar-refractivity contribution >= 4 is 26.7 Å². The van der Waals surface area contributed by atoms with Gasteiger partial charge in [-0.2, -0.15) is 0 Å². The van der Waals surface area contributed by atoms with Gasteiger partial charge in [0.2, 0.25) is 0 Å². The van der Waals surface area contributed by atoms with Crippen LogP contribution in [0.3, 0.4) is 0 Å². The van der Waals surface area contributed by atoms with Crippen molar-refractivity contribution < 1.29 is 4.74 Å². The second-order valence-corrected chi connectivity index (χ2v) is 4.73. The fraction of sp³-hybridized carbons (Fsp3) is 0.286. The molecule has 0 heterocycles. The zero-order valence-electron chi connectivity index (χ0n) is 9.53. The summed E-state index contributed by atoms with van der Waals surface area (Å²) in [5.41, 5.74) is 0. The Morgan fingerprint density at radius 2 is 1.94 bits per heavy atom. The molecule has 0 amide bonds. The van der Waals surface area contributed by atoms with Crippen LogP contribution in [0.2, 0.25) is 0 Å². The standard InChI is InChI=1S/C14H15BrO/c1-3-10(2)16-13-9-8-11-6-4-5-7-12(11)14(13)15/h4-10H,3H2,1-2H3. The molecule has 0 fully saturated rings. The maximum absolute atomic E-state index is 5.86. The molecule has 1 atom stereocenters. The van der Waals surface area contributed by atoms with E-state index >= 15 is 0 Å². The van der Waals surface area contributed by atoms with E-state index < -0.39 is 0 Å². The molecule has 2 heteroatoms. The van der Waals surface area contributed by atoms with Crippen LogP contribution in [-0.2, 0) is 0 Å². The quantitative estimate of drug-likeness (QED) is 0.785. The molecule has 1 nitrogen and oxygen atoms in total. The lowest BCUT2D eigenvalue weighted by molar-refractivity contribution is 0.216. The minimum absolute atomic E-state index is 0.248. The van der Waals surface area contributed by atoms with Gasteiger partial charge in [-0.15, -0.1) is 0 Å². The first-order chi connectivity index (χ1) is 7.72. The van der Waals surface area contributed by atoms with Gasteiger partial charge in [0.05, 0.1) is 10.6 Å². The summed E-state index contributed by atoms with van der Waals surface area (Å²) in [7, 11) is 0. The summed E-state index contributed by atoms with van der Waals surface area (Å²) in [6, 6.07) is 12.4. The van der Waals surface area contributed by atoms with Crippen molar-refractivity contribution in [2.24, 2.45) is 0 Å². The van der Waals surface area contributed by atoms with Crippen molar-refractivity contribution in [1.29, 1.82) is 0 Å². The van der Waals surface area contributed by atoms with Crippen LogP contribution >= 0.6 is 15.9 Å². The van der Waals surface area contributed by atoms with E-state index in [1.165, 1.54) is 10.8 Å². The summed E-state index contributed by atoms with van der Waals surface area (Å²) in [6.45, 7) is 4.21. The van der Waals surface area contributed by atoms with Gasteiger partial charge in [-0.1, -0.05) is 37.3 Å². The predicted molar refractivity (Wildman–Crippen MR) is 72.0 cm³/mol. The number of hydrogen-bond donors (Lipinski definition) is 0. The summed E-state index contributed by atoms with van der Waals surface area (Å²) in [4.78, 5) is 0. The Morgan fingerprint density at radius 1 is 1.19 bits per heavy atom. The zero-order valence-corrected chi connectivity index (χ0v) is 11.1. The lowest BCUT2D eigenvalue weighted by Crippen LogP contribution is -2.09. The molecule has 2 aromatic rings. The molecule has 0 aliphatic carbocycles. The average Bonchev–Trinajstić information content (AvgIpc) is 2.33. The molecule has 0 aliphatic heterocycles. The Morgan fingerprint density at radius 3 is 2.69 bits per heavy atom. The molecule has 84 valence electrons. The number of halogens is 1. The van der Waals surface area contributed by atoms with Crippen molar-refractivity contribution in [3.05, 3.63) is 40.9 Å². The van der Waals surface area contributed by atoms with Crippen LogP contribution in [0.25, 0.3) is 10.8 Å². The Kier molecular flexibility index (Phi) is 3.49. The van der Waals surface area contributed by atoms with Gasteiger partial charge in [0.25, 0.3) is 0 Å². The molecule has 16 heavy (non-hydrogen) atoms. The Balaban J connectivity index is 2.44. The van der Waals surface area contributed by atoms with Crippen LogP contribution in [0.1, 0.15) is 20.3 Å². The van der Waals surface area contributed by atoms with Crippen LogP contribution in [0.5, 0.6) is 5.75 Å². The topological polar surface area (TPSA) is 9.23 Å². The maximum Gasteiger partial charge on any atom is 0.134 e. The highest BCUT2D eigenvalue weighted by molar-refractivity contribution is 9.10. The van der Waals surface area contributed by atoms with Gasteiger partial charge in [-0.3, -0.25) is 0 Å². The van der Waals surface area contributed by atoms with Gasteiger partial charge in [-0.25, -0.2) is 0 Å². The summed E-state index contributed by atoms with van der Waals surface area (Å²) in [6.07, 6.45) is 1.26. The zero-order chi connectivity index (χ0) is 11.5. The van der Waals surface area contributed by atoms with E-state index in [-0.39, 0.29) is 6.10 Å². The number of rotatable bonds is 3. The highest BCUT2D eigenvalue weighted by Gasteiger charge is 2.08. The van der Waals surface area contributed by atoms with Crippen molar-refractivity contribution in [3.8, 4) is 5.75 Å². The van der Waals surface area contributed by atoms with Crippen LogP contribution in [0.15, 0.2) is 40.9 Å². The first-order valence-electron chi connectivity index (χ1n) is 5.56. The first-order valence-corrected chi connectivity index (χ1v) is 6.35. The van der Waals surface area contributed by atoms with Crippen LogP contribution < -0.4 is 4.74 Å². The van der Waals surface area contributed by atoms with Crippen LogP contribution in [0, 0.1) is 0 Å². The monoisotopic (exact) mass is 278 g/mol. The summed E-state index contributed by atoms with van der Waals surface area (Å²) < 4.78 is 6.90. The minimum Gasteiger partial charge on any atom is -0.490 e. The fourth-order valence-electron chi connectivity index (χ4n) is 1.60. The van der Waals surface area contributed by atoms with Crippen molar-refractivity contribution in [3.63, 3.8) is 0 Å². The van der Waals surface area contributed by atoms with Gasteiger partial charge >= 0.3 is 0 Å². The van der Waals surface area contributed by atoms with E-state index in [4.69, 9.17) is 4.74 Å². The van der Waals surface area contributed by atoms with E-state index in [2.05, 4.69) is 48.0 Å². The summed E-state index contributed by atoms with van der Waals surface area (Å²) >= 11 is 3.61. The second kappa shape index (κ2) is 4.88. The second-order valence-electron chi connectivity index (χ2n) is 3.94. The van der Waals surface area contributed by atoms with Gasteiger partial charge in [0.1, 0.15) is 5.75 Å². The maximum atomic E-state index is 5.86. The largest absolute Gasteiger partial charge is 0.490 e. The minimum atomic E-state index is 0.248. The average molecular weight is 279 g/mol. The molecular formula is C14H15BrO. The Labute approximate surface area is 105 Å². The highest BCUT2D eigenvalue weighted by atomic mass is 79.9. The van der Waals surface area contributed by atoms with Crippen molar-refractivity contribution in [2.75, 3.05) is 0 Å². The third-order valence-electron chi connectivity index (χ3n) is 2.73. The Hall–Kier alpha value is -1.02. The number of hydrogen-bond acceptors (Lipinski definition) is 1. The molecule has 0 aromatic heterocycles. The van der Waals surface area contributed by atoms with E-state index in [1.54, 1.807) is 0 Å². The summed E-state index contributed by atoms with van der Waals surface area (Å²) in [5.74, 6) is 0.924.